The summed E-state index contributed by atoms with van der Waals surface area (Å²) in [6, 6.07) is 6.48. The van der Waals surface area contributed by atoms with E-state index in [1.807, 2.05) is 18.7 Å². The van der Waals surface area contributed by atoms with Gasteiger partial charge in [-0.1, -0.05) is 12.1 Å². The van der Waals surface area contributed by atoms with Crippen molar-refractivity contribution in [2.45, 2.75) is 32.6 Å². The Balaban J connectivity index is 1.99. The number of nitrogens with one attached hydrogen (secondary N) is 1. The molecule has 0 saturated carbocycles. The van der Waals surface area contributed by atoms with Crippen molar-refractivity contribution < 1.29 is 0 Å². The van der Waals surface area contributed by atoms with Crippen LogP contribution in [0.1, 0.15) is 29.7 Å². The molecule has 0 fully saturated rings. The first kappa shape index (κ1) is 12.1. The first-order valence-corrected chi connectivity index (χ1v) is 6.83. The minimum atomic E-state index is 0.732. The summed E-state index contributed by atoms with van der Waals surface area (Å²) in [5.41, 5.74) is 11.8. The van der Waals surface area contributed by atoms with Crippen molar-refractivity contribution in [1.82, 2.24) is 9.78 Å². The average molecular weight is 256 g/mol. The van der Waals surface area contributed by atoms with Gasteiger partial charge in [0.15, 0.2) is 5.82 Å². The lowest BCUT2D eigenvalue weighted by atomic mass is 9.90. The van der Waals surface area contributed by atoms with Crippen LogP contribution >= 0.6 is 0 Å². The Morgan fingerprint density at radius 1 is 1.26 bits per heavy atom. The Kier molecular flexibility index (Phi) is 2.93. The van der Waals surface area contributed by atoms with Crippen molar-refractivity contribution in [3.05, 3.63) is 35.0 Å². The fraction of sp³-hybridized carbons (Fsp3) is 0.400. The molecule has 0 saturated heterocycles. The van der Waals surface area contributed by atoms with E-state index in [-0.39, 0.29) is 0 Å². The molecule has 1 aromatic heterocycles. The normalized spacial score (nSPS) is 14.2. The molecule has 1 heterocycles. The Labute approximate surface area is 113 Å². The van der Waals surface area contributed by atoms with Gasteiger partial charge in [-0.25, -0.2) is 0 Å². The first-order valence-electron chi connectivity index (χ1n) is 6.83. The van der Waals surface area contributed by atoms with Crippen LogP contribution in [0.25, 0.3) is 0 Å². The predicted molar refractivity (Wildman–Crippen MR) is 78.7 cm³/mol. The van der Waals surface area contributed by atoms with Crippen LogP contribution in [-0.4, -0.2) is 9.78 Å². The molecule has 100 valence electrons. The van der Waals surface area contributed by atoms with Crippen molar-refractivity contribution in [1.29, 1.82) is 0 Å². The lowest BCUT2D eigenvalue weighted by Gasteiger charge is -2.20. The molecule has 0 atom stereocenters. The maximum absolute atomic E-state index is 6.08. The van der Waals surface area contributed by atoms with Gasteiger partial charge >= 0.3 is 0 Å². The van der Waals surface area contributed by atoms with Crippen LogP contribution < -0.4 is 11.1 Å². The number of aryl methyl sites for hydroxylation is 3. The van der Waals surface area contributed by atoms with E-state index in [1.54, 1.807) is 0 Å². The van der Waals surface area contributed by atoms with E-state index < -0.39 is 0 Å². The number of nitrogens with zero attached hydrogens (tertiary/aromatic N) is 2. The van der Waals surface area contributed by atoms with Gasteiger partial charge in [-0.3, -0.25) is 4.68 Å². The zero-order valence-electron chi connectivity index (χ0n) is 11.5. The molecule has 3 N–H and O–H groups in total. The van der Waals surface area contributed by atoms with Crippen molar-refractivity contribution in [2.75, 3.05) is 11.1 Å². The first-order chi connectivity index (χ1) is 9.16. The van der Waals surface area contributed by atoms with Crippen molar-refractivity contribution in [3.8, 4) is 0 Å². The summed E-state index contributed by atoms with van der Waals surface area (Å²) >= 11 is 0. The van der Waals surface area contributed by atoms with Crippen molar-refractivity contribution in [2.24, 2.45) is 7.05 Å². The van der Waals surface area contributed by atoms with Crippen LogP contribution in [0, 0.1) is 6.92 Å². The Morgan fingerprint density at radius 2 is 2.05 bits per heavy atom. The molecule has 0 radical (unpaired) electrons. The van der Waals surface area contributed by atoms with Gasteiger partial charge in [-0.05, 0) is 49.8 Å². The van der Waals surface area contributed by atoms with Crippen molar-refractivity contribution >= 4 is 17.2 Å². The zero-order valence-corrected chi connectivity index (χ0v) is 11.5. The predicted octanol–water partition coefficient (Wildman–Crippen LogP) is 2.93. The van der Waals surface area contributed by atoms with Crippen LogP contribution in [0.2, 0.25) is 0 Å². The van der Waals surface area contributed by atoms with Crippen LogP contribution in [0.5, 0.6) is 0 Å². The van der Waals surface area contributed by atoms with E-state index >= 15 is 0 Å². The highest BCUT2D eigenvalue weighted by molar-refractivity contribution is 5.73. The smallest absolute Gasteiger partial charge is 0.152 e. The van der Waals surface area contributed by atoms with Gasteiger partial charge in [0.25, 0.3) is 0 Å². The summed E-state index contributed by atoms with van der Waals surface area (Å²) in [4.78, 5) is 0. The quantitative estimate of drug-likeness (QED) is 0.868. The van der Waals surface area contributed by atoms with Gasteiger partial charge in [0.2, 0.25) is 0 Å². The maximum Gasteiger partial charge on any atom is 0.152 e. The Bertz CT molecular complexity index is 613. The van der Waals surface area contributed by atoms with Gasteiger partial charge in [0.1, 0.15) is 0 Å². The topological polar surface area (TPSA) is 55.9 Å². The van der Waals surface area contributed by atoms with E-state index in [0.29, 0.717) is 0 Å². The fourth-order valence-corrected chi connectivity index (χ4v) is 2.85. The molecular weight excluding hydrogens is 236 g/mol. The van der Waals surface area contributed by atoms with E-state index in [4.69, 9.17) is 5.73 Å². The summed E-state index contributed by atoms with van der Waals surface area (Å²) in [6.45, 7) is 1.93. The third-order valence-corrected chi connectivity index (χ3v) is 3.92. The van der Waals surface area contributed by atoms with E-state index in [9.17, 15) is 0 Å². The number of nitrogens with two attached hydrogens (primary N) is 1. The molecule has 0 aliphatic heterocycles. The summed E-state index contributed by atoms with van der Waals surface area (Å²) in [7, 11) is 1.92. The largest absolute Gasteiger partial charge is 0.394 e. The highest BCUT2D eigenvalue weighted by atomic mass is 15.3. The van der Waals surface area contributed by atoms with Crippen LogP contribution in [0.15, 0.2) is 18.2 Å². The maximum atomic E-state index is 6.08. The lowest BCUT2D eigenvalue weighted by Crippen LogP contribution is -2.08. The number of fused-ring (bicyclic) bond motifs is 1. The van der Waals surface area contributed by atoms with Gasteiger partial charge < -0.3 is 11.1 Å². The Morgan fingerprint density at radius 3 is 2.79 bits per heavy atom. The molecule has 3 rings (SSSR count). The van der Waals surface area contributed by atoms with Gasteiger partial charge in [-0.2, -0.15) is 5.10 Å². The molecule has 1 aromatic carbocycles. The van der Waals surface area contributed by atoms with E-state index in [0.717, 1.165) is 23.6 Å². The summed E-state index contributed by atoms with van der Waals surface area (Å²) in [5.74, 6) is 0.886. The third-order valence-electron chi connectivity index (χ3n) is 3.92. The number of hydrogen-bond acceptors (Lipinski definition) is 3. The molecule has 0 unspecified atom stereocenters. The minimum absolute atomic E-state index is 0.732. The van der Waals surface area contributed by atoms with Gasteiger partial charge in [0, 0.05) is 12.7 Å². The van der Waals surface area contributed by atoms with E-state index in [2.05, 4.69) is 28.6 Å². The number of anilines is 3. The van der Waals surface area contributed by atoms with Gasteiger partial charge in [0.05, 0.1) is 11.4 Å². The molecule has 19 heavy (non-hydrogen) atoms. The Hall–Kier alpha value is -1.97. The molecule has 0 bridgehead atoms. The highest BCUT2D eigenvalue weighted by Crippen LogP contribution is 2.32. The lowest BCUT2D eigenvalue weighted by molar-refractivity contribution is 0.686. The fourth-order valence-electron chi connectivity index (χ4n) is 2.85. The zero-order chi connectivity index (χ0) is 13.4. The summed E-state index contributed by atoms with van der Waals surface area (Å²) in [5, 5.41) is 7.81. The molecular formula is C15H20N4. The SMILES string of the molecule is Cc1nn(C)c(Nc2cccc3c2CCCC3)c1N. The summed E-state index contributed by atoms with van der Waals surface area (Å²) in [6.07, 6.45) is 4.90. The molecule has 0 amide bonds. The minimum Gasteiger partial charge on any atom is -0.394 e. The molecule has 2 aromatic rings. The second-order valence-electron chi connectivity index (χ2n) is 5.25. The van der Waals surface area contributed by atoms with Crippen LogP contribution in [0.3, 0.4) is 0 Å². The number of benzene rings is 1. The molecule has 4 nitrogen and oxygen atoms in total. The van der Waals surface area contributed by atoms with Crippen molar-refractivity contribution in [3.63, 3.8) is 0 Å². The second-order valence-corrected chi connectivity index (χ2v) is 5.25. The number of nitrogen functional groups attached to an aromatic ring is 1. The highest BCUT2D eigenvalue weighted by Gasteiger charge is 2.15. The van der Waals surface area contributed by atoms with E-state index in [1.165, 1.54) is 36.1 Å². The standard InChI is InChI=1S/C15H20N4/c1-10-14(16)15(19(2)18-10)17-13-9-5-7-11-6-3-4-8-12(11)13/h5,7,9,17H,3-4,6,8,16H2,1-2H3. The number of rotatable bonds is 2. The molecule has 0 spiro atoms. The van der Waals surface area contributed by atoms with Crippen LogP contribution in [0.4, 0.5) is 17.2 Å². The second kappa shape index (κ2) is 4.61. The molecule has 1 aliphatic rings. The van der Waals surface area contributed by atoms with Crippen LogP contribution in [-0.2, 0) is 19.9 Å². The summed E-state index contributed by atoms with van der Waals surface area (Å²) < 4.78 is 1.81. The molecule has 1 aliphatic carbocycles. The monoisotopic (exact) mass is 256 g/mol. The van der Waals surface area contributed by atoms with Gasteiger partial charge in [-0.15, -0.1) is 0 Å². The third kappa shape index (κ3) is 2.07. The number of hydrogen-bond donors (Lipinski definition) is 2. The average Bonchev–Trinajstić information content (AvgIpc) is 2.66. The molecule has 4 heteroatoms. The number of aromatic nitrogens is 2.